The maximum absolute atomic E-state index is 10.0. The Balaban J connectivity index is 2.78. The summed E-state index contributed by atoms with van der Waals surface area (Å²) in [4.78, 5) is 0. The molecule has 0 bridgehead atoms. The molecule has 1 rings (SSSR count). The highest BCUT2D eigenvalue weighted by Gasteiger charge is 2.31. The summed E-state index contributed by atoms with van der Waals surface area (Å²) in [6.07, 6.45) is 1.22. The van der Waals surface area contributed by atoms with Crippen molar-refractivity contribution in [3.63, 3.8) is 0 Å². The Hall–Kier alpha value is -0.510. The quantitative estimate of drug-likeness (QED) is 0.682. The number of thioether (sulfide) groups is 1. The maximum atomic E-state index is 10.0. The molecule has 0 aliphatic carbocycles. The van der Waals surface area contributed by atoms with Gasteiger partial charge in [0.05, 0.1) is 12.1 Å². The van der Waals surface area contributed by atoms with Gasteiger partial charge in [0.15, 0.2) is 0 Å². The predicted octanol–water partition coefficient (Wildman–Crippen LogP) is 3.65. The zero-order valence-electron chi connectivity index (χ0n) is 13.2. The molecule has 1 atom stereocenters. The van der Waals surface area contributed by atoms with E-state index in [0.717, 1.165) is 17.4 Å². The van der Waals surface area contributed by atoms with Gasteiger partial charge in [-0.15, -0.1) is 0 Å². The highest BCUT2D eigenvalue weighted by Crippen LogP contribution is 2.27. The van der Waals surface area contributed by atoms with E-state index >= 15 is 0 Å². The number of hydrogen-bond acceptors (Lipinski definition) is 3. The van der Waals surface area contributed by atoms with Crippen LogP contribution in [0.25, 0.3) is 0 Å². The maximum Gasteiger partial charge on any atom is 0.0762 e. The zero-order valence-corrected chi connectivity index (χ0v) is 14.0. The average Bonchev–Trinajstić information content (AvgIpc) is 2.42. The molecule has 0 spiro atoms. The molecule has 0 heterocycles. The summed E-state index contributed by atoms with van der Waals surface area (Å²) in [5.74, 6) is 2.78. The molecule has 0 amide bonds. The van der Waals surface area contributed by atoms with Crippen LogP contribution in [0, 0.1) is 5.92 Å². The molecule has 1 aromatic rings. The van der Waals surface area contributed by atoms with Crippen molar-refractivity contribution >= 4 is 11.8 Å². The number of aliphatic hydroxyl groups is 1. The van der Waals surface area contributed by atoms with E-state index < -0.39 is 0 Å². The molecule has 0 aliphatic heterocycles. The van der Waals surface area contributed by atoms with E-state index in [-0.39, 0.29) is 12.1 Å². The second kappa shape index (κ2) is 8.71. The summed E-state index contributed by atoms with van der Waals surface area (Å²) in [6, 6.07) is 10.7. The number of rotatable bonds is 9. The summed E-state index contributed by atoms with van der Waals surface area (Å²) in [7, 11) is 0. The Morgan fingerprint density at radius 3 is 2.30 bits per heavy atom. The summed E-state index contributed by atoms with van der Waals surface area (Å²) in [5.41, 5.74) is 0.838. The Kier molecular flexibility index (Phi) is 7.63. The van der Waals surface area contributed by atoms with Gasteiger partial charge in [-0.25, -0.2) is 0 Å². The van der Waals surface area contributed by atoms with E-state index in [2.05, 4.69) is 45.1 Å². The standard InChI is InChI=1S/C17H29NOS/c1-14(2)10-11-20-13-17(12-19,18-15(3)4)16-8-6-5-7-9-16/h5-9,14-15,18-19H,10-13H2,1-4H3. The van der Waals surface area contributed by atoms with Gasteiger partial charge in [0.1, 0.15) is 0 Å². The third kappa shape index (κ3) is 5.47. The molecule has 0 radical (unpaired) electrons. The largest absolute Gasteiger partial charge is 0.394 e. The van der Waals surface area contributed by atoms with Crippen molar-refractivity contribution in [3.8, 4) is 0 Å². The predicted molar refractivity (Wildman–Crippen MR) is 90.3 cm³/mol. The van der Waals surface area contributed by atoms with Crippen LogP contribution in [0.15, 0.2) is 30.3 Å². The second-order valence-electron chi connectivity index (χ2n) is 6.14. The van der Waals surface area contributed by atoms with Gasteiger partial charge >= 0.3 is 0 Å². The van der Waals surface area contributed by atoms with Crippen molar-refractivity contribution in [2.24, 2.45) is 5.92 Å². The first-order valence-electron chi connectivity index (χ1n) is 7.52. The Bertz CT molecular complexity index is 367. The van der Waals surface area contributed by atoms with E-state index in [1.54, 1.807) is 0 Å². The Labute approximate surface area is 128 Å². The third-order valence-electron chi connectivity index (χ3n) is 3.35. The molecule has 20 heavy (non-hydrogen) atoms. The van der Waals surface area contributed by atoms with Crippen LogP contribution in [0.5, 0.6) is 0 Å². The van der Waals surface area contributed by atoms with E-state index in [4.69, 9.17) is 0 Å². The van der Waals surface area contributed by atoms with Crippen LogP contribution in [0.2, 0.25) is 0 Å². The molecule has 0 aromatic heterocycles. The first kappa shape index (κ1) is 17.5. The van der Waals surface area contributed by atoms with E-state index in [1.807, 2.05) is 30.0 Å². The van der Waals surface area contributed by atoms with Gasteiger partial charge in [0, 0.05) is 11.8 Å². The first-order valence-corrected chi connectivity index (χ1v) is 8.67. The molecule has 0 saturated carbocycles. The van der Waals surface area contributed by atoms with Crippen LogP contribution in [0.4, 0.5) is 0 Å². The summed E-state index contributed by atoms with van der Waals surface area (Å²) >= 11 is 1.93. The van der Waals surface area contributed by atoms with Gasteiger partial charge in [-0.05, 0) is 37.5 Å². The van der Waals surface area contributed by atoms with Crippen molar-refractivity contribution < 1.29 is 5.11 Å². The molecule has 0 fully saturated rings. The van der Waals surface area contributed by atoms with Crippen LogP contribution >= 0.6 is 11.8 Å². The highest BCUT2D eigenvalue weighted by molar-refractivity contribution is 7.99. The number of aliphatic hydroxyl groups excluding tert-OH is 1. The fourth-order valence-corrected chi connectivity index (χ4v) is 3.74. The topological polar surface area (TPSA) is 32.3 Å². The SMILES string of the molecule is CC(C)CCSCC(CO)(NC(C)C)c1ccccc1. The van der Waals surface area contributed by atoms with Crippen LogP contribution < -0.4 is 5.32 Å². The smallest absolute Gasteiger partial charge is 0.0762 e. The zero-order chi connectivity index (χ0) is 15.0. The fourth-order valence-electron chi connectivity index (χ4n) is 2.27. The monoisotopic (exact) mass is 295 g/mol. The van der Waals surface area contributed by atoms with Crippen LogP contribution in [0.3, 0.4) is 0 Å². The molecule has 2 N–H and O–H groups in total. The van der Waals surface area contributed by atoms with E-state index in [0.29, 0.717) is 6.04 Å². The van der Waals surface area contributed by atoms with Gasteiger partial charge in [0.2, 0.25) is 0 Å². The summed E-state index contributed by atoms with van der Waals surface area (Å²) in [6.45, 7) is 8.90. The minimum atomic E-state index is -0.336. The summed E-state index contributed by atoms with van der Waals surface area (Å²) in [5, 5.41) is 13.6. The lowest BCUT2D eigenvalue weighted by atomic mass is 9.92. The first-order chi connectivity index (χ1) is 9.50. The van der Waals surface area contributed by atoms with Gasteiger partial charge in [-0.2, -0.15) is 11.8 Å². The summed E-state index contributed by atoms with van der Waals surface area (Å²) < 4.78 is 0. The normalized spacial score (nSPS) is 14.8. The van der Waals surface area contributed by atoms with Gasteiger partial charge in [0.25, 0.3) is 0 Å². The lowest BCUT2D eigenvalue weighted by Crippen LogP contribution is -2.51. The molecule has 2 nitrogen and oxygen atoms in total. The van der Waals surface area contributed by atoms with Crippen molar-refractivity contribution in [2.45, 2.75) is 45.7 Å². The van der Waals surface area contributed by atoms with Crippen molar-refractivity contribution in [1.82, 2.24) is 5.32 Å². The van der Waals surface area contributed by atoms with Gasteiger partial charge in [-0.3, -0.25) is 0 Å². The van der Waals surface area contributed by atoms with Crippen molar-refractivity contribution in [1.29, 1.82) is 0 Å². The molecule has 114 valence electrons. The molecule has 0 saturated heterocycles. The van der Waals surface area contributed by atoms with E-state index in [1.165, 1.54) is 12.0 Å². The molecular formula is C17H29NOS. The molecule has 1 aromatic carbocycles. The average molecular weight is 295 g/mol. The van der Waals surface area contributed by atoms with Gasteiger partial charge in [-0.1, -0.05) is 44.2 Å². The number of nitrogens with one attached hydrogen (secondary N) is 1. The second-order valence-corrected chi connectivity index (χ2v) is 7.25. The van der Waals surface area contributed by atoms with Crippen molar-refractivity contribution in [3.05, 3.63) is 35.9 Å². The van der Waals surface area contributed by atoms with Crippen LogP contribution in [-0.4, -0.2) is 29.3 Å². The molecule has 1 unspecified atom stereocenters. The minimum absolute atomic E-state index is 0.129. The van der Waals surface area contributed by atoms with Crippen molar-refractivity contribution in [2.75, 3.05) is 18.1 Å². The van der Waals surface area contributed by atoms with Crippen LogP contribution in [0.1, 0.15) is 39.7 Å². The molecule has 3 heteroatoms. The minimum Gasteiger partial charge on any atom is -0.394 e. The lowest BCUT2D eigenvalue weighted by molar-refractivity contribution is 0.170. The molecular weight excluding hydrogens is 266 g/mol. The van der Waals surface area contributed by atoms with E-state index in [9.17, 15) is 5.11 Å². The lowest BCUT2D eigenvalue weighted by Gasteiger charge is -2.35. The Morgan fingerprint density at radius 1 is 1.15 bits per heavy atom. The number of benzene rings is 1. The number of hydrogen-bond donors (Lipinski definition) is 2. The third-order valence-corrected chi connectivity index (χ3v) is 4.57. The van der Waals surface area contributed by atoms with Crippen LogP contribution in [-0.2, 0) is 5.54 Å². The Morgan fingerprint density at radius 2 is 1.80 bits per heavy atom. The highest BCUT2D eigenvalue weighted by atomic mass is 32.2. The molecule has 0 aliphatic rings. The van der Waals surface area contributed by atoms with Gasteiger partial charge < -0.3 is 10.4 Å². The fraction of sp³-hybridized carbons (Fsp3) is 0.647.